The lowest BCUT2D eigenvalue weighted by Crippen LogP contribution is -2.72. The number of rotatable bonds is 32. The summed E-state index contributed by atoms with van der Waals surface area (Å²) >= 11 is 0. The van der Waals surface area contributed by atoms with E-state index < -0.39 is 395 Å². The minimum absolute atomic E-state index is 0.840. The fourth-order valence-electron chi connectivity index (χ4n) is 16.4. The number of ether oxygens (including phenoxy) is 20. The van der Waals surface area contributed by atoms with Gasteiger partial charge < -0.3 is 249 Å². The van der Waals surface area contributed by atoms with Crippen LogP contribution in [0.3, 0.4) is 0 Å². The van der Waals surface area contributed by atoms with Gasteiger partial charge in [0.2, 0.25) is 17.7 Å². The molecule has 0 spiro atoms. The Kier molecular flexibility index (Phi) is 36.3. The molecule has 0 radical (unpaired) electrons. The molecule has 10 rings (SSSR count). The quantitative estimate of drug-likeness (QED) is 0.0278. The summed E-state index contributed by atoms with van der Waals surface area (Å²) in [5.41, 5.74) is 0. The zero-order chi connectivity index (χ0) is 93.2. The van der Waals surface area contributed by atoms with Crippen molar-refractivity contribution in [3.63, 3.8) is 0 Å². The fourth-order valence-corrected chi connectivity index (χ4v) is 16.4. The molecule has 0 aromatic rings. The predicted octanol–water partition coefficient (Wildman–Crippen LogP) is -19.5. The summed E-state index contributed by atoms with van der Waals surface area (Å²) in [6.45, 7) is -1.49. The highest BCUT2D eigenvalue weighted by Crippen LogP contribution is 2.44. The largest absolute Gasteiger partial charge is 0.477 e. The van der Waals surface area contributed by atoms with Gasteiger partial charge in [-0.3, -0.25) is 19.2 Å². The summed E-state index contributed by atoms with van der Waals surface area (Å²) in [6.07, 6.45) is -102. The number of aliphatic hydroxyl groups is 26. The Morgan fingerprint density at radius 2 is 0.722 bits per heavy atom. The number of aliphatic hydroxyl groups excluding tert-OH is 26. The van der Waals surface area contributed by atoms with Gasteiger partial charge in [0.1, 0.15) is 226 Å². The monoisotopic (exact) mass is 1840 g/mol. The van der Waals surface area contributed by atoms with Crippen LogP contribution in [-0.4, -0.2) is 526 Å². The lowest BCUT2D eigenvalue weighted by molar-refractivity contribution is -0.401. The first-order valence-corrected chi connectivity index (χ1v) is 40.2. The summed E-state index contributed by atoms with van der Waals surface area (Å²) in [5.74, 6) is -9.83. The predicted molar refractivity (Wildman–Crippen MR) is 387 cm³/mol. The van der Waals surface area contributed by atoms with Crippen LogP contribution in [0.2, 0.25) is 0 Å². The van der Waals surface area contributed by atoms with Gasteiger partial charge in [0.25, 0.3) is 5.79 Å². The topological polar surface area (TPSA) is 852 Å². The summed E-state index contributed by atoms with van der Waals surface area (Å²) in [6, 6.07) is -6.03. The van der Waals surface area contributed by atoms with E-state index in [9.17, 15) is 162 Å². The first kappa shape index (κ1) is 104. The standard InChI is InChI=1S/C71H117N3O52/c1-16-34(86)41(93)47(99)64(108-16)121-56-32(73-20(5)82)62(115-28(13-79)54(56)120-69-60(44(96)38(90)25(10-76)114-69)124-66-49(101)43(95)36(88)18(3)110-66)107-15-30-40(92)58(50(102)67(117-30)118-52-27(12-78)112-61(104)46(98)45(52)97)123-63-33(74-21(6)83)57(122-65-48(100)42(94)35(87)17(2)109-65)53(29(14-80)116-63)119-68-51(103)59(39(91)26(11-77)113-68)126-71(70(105)106)8-24(111-22(7)84)31(72-19(4)81)55(125-71)37(89)23(85)9-75/h16-18,23-69,75-80,85-104H,8-15H2,1-7H3,(H,72,81)(H,73,82)(H,74,83)(H,105,106)/t16-,17-,18-,23+,24-,25+,26+,27+,28+,29+,30+,31+,32+,33+,34+,35+,36+,37+,38-,39-,40-,41+,42+,43+,44-,45+,46+,47-,48-,49-,50+,51+,52+,53+,54+,55+,56+,57+,58-,59-,60+,61?,62+,63-,64-,65-,66-,67-,68-,69-,71-/m0/s1. The smallest absolute Gasteiger partial charge is 0.364 e. The van der Waals surface area contributed by atoms with Gasteiger partial charge in [-0.25, -0.2) is 4.79 Å². The lowest BCUT2D eigenvalue weighted by Gasteiger charge is -2.52. The van der Waals surface area contributed by atoms with Crippen LogP contribution in [0.25, 0.3) is 0 Å². The molecule has 0 bridgehead atoms. The number of carboxylic acids is 1. The molecule has 0 aromatic heterocycles. The van der Waals surface area contributed by atoms with Crippen molar-refractivity contribution < 1.29 is 257 Å². The Labute approximate surface area is 713 Å². The van der Waals surface area contributed by atoms with Crippen LogP contribution >= 0.6 is 0 Å². The molecule has 55 nitrogen and oxygen atoms in total. The van der Waals surface area contributed by atoms with E-state index in [1.807, 2.05) is 0 Å². The zero-order valence-electron chi connectivity index (χ0n) is 68.3. The number of hydrogen-bond acceptors (Lipinski definition) is 51. The van der Waals surface area contributed by atoms with Crippen molar-refractivity contribution in [2.75, 3.05) is 46.2 Å². The molecule has 0 aliphatic carbocycles. The number of aliphatic carboxylic acids is 1. The number of carbonyl (C=O) groups is 5. The summed E-state index contributed by atoms with van der Waals surface area (Å²) in [7, 11) is 0. The Hall–Kier alpha value is -4.45. The molecule has 126 heavy (non-hydrogen) atoms. The van der Waals surface area contributed by atoms with Crippen LogP contribution in [0.5, 0.6) is 0 Å². The summed E-state index contributed by atoms with van der Waals surface area (Å²) in [4.78, 5) is 66.5. The Balaban J connectivity index is 1.02. The van der Waals surface area contributed by atoms with Gasteiger partial charge in [0.15, 0.2) is 56.6 Å². The number of carboxylic acid groups (broad SMARTS) is 1. The number of amides is 3. The van der Waals surface area contributed by atoms with Gasteiger partial charge >= 0.3 is 11.9 Å². The molecule has 10 saturated heterocycles. The second kappa shape index (κ2) is 44.1. The number of nitrogens with one attached hydrogen (secondary N) is 3. The molecule has 30 N–H and O–H groups in total. The maximum absolute atomic E-state index is 13.8. The van der Waals surface area contributed by atoms with Gasteiger partial charge in [-0.2, -0.15) is 0 Å². The van der Waals surface area contributed by atoms with E-state index in [0.29, 0.717) is 0 Å². The molecule has 10 aliphatic rings. The van der Waals surface area contributed by atoms with E-state index >= 15 is 0 Å². The molecular weight excluding hydrogens is 1730 g/mol. The van der Waals surface area contributed by atoms with E-state index in [1.165, 1.54) is 20.8 Å². The minimum atomic E-state index is -3.42. The molecule has 3 amide bonds. The number of esters is 1. The van der Waals surface area contributed by atoms with Gasteiger partial charge in [0.05, 0.1) is 77.0 Å². The molecule has 51 atom stereocenters. The van der Waals surface area contributed by atoms with Crippen LogP contribution in [0.1, 0.15) is 54.9 Å². The highest BCUT2D eigenvalue weighted by atomic mass is 16.8. The van der Waals surface area contributed by atoms with Gasteiger partial charge in [-0.05, 0) is 20.8 Å². The first-order chi connectivity index (χ1) is 59.3. The van der Waals surface area contributed by atoms with Crippen molar-refractivity contribution in [3.8, 4) is 0 Å². The first-order valence-electron chi connectivity index (χ1n) is 40.2. The Bertz CT molecular complexity index is 3490. The second-order valence-corrected chi connectivity index (χ2v) is 32.2. The summed E-state index contributed by atoms with van der Waals surface area (Å²) in [5, 5.41) is 310. The number of hydrogen-bond donors (Lipinski definition) is 30. The van der Waals surface area contributed by atoms with E-state index in [-0.39, 0.29) is 0 Å². The maximum atomic E-state index is 13.8. The maximum Gasteiger partial charge on any atom is 0.364 e. The molecule has 0 aromatic carbocycles. The average Bonchev–Trinajstić information content (AvgIpc) is 0.749. The second-order valence-electron chi connectivity index (χ2n) is 32.2. The third-order valence-corrected chi connectivity index (χ3v) is 23.2. The fraction of sp³-hybridized carbons (Fsp3) is 0.930. The van der Waals surface area contributed by atoms with Gasteiger partial charge in [-0.15, -0.1) is 0 Å². The zero-order valence-corrected chi connectivity index (χ0v) is 68.3. The van der Waals surface area contributed by atoms with E-state index in [1.54, 1.807) is 0 Å². The van der Waals surface area contributed by atoms with E-state index in [2.05, 4.69) is 16.0 Å². The van der Waals surface area contributed by atoms with Crippen molar-refractivity contribution >= 4 is 29.7 Å². The SMILES string of the molecule is CC(=O)N[C@H]1[C@H](O[C@H]2[C@@H](O)[C@@H](CO[C@@H]3O[C@H](CO)[C@@H](O[C@@H]4O[C@H](CO)[C@H](O)[C@H](O)[C@H]4O[C@@H]4O[C@@H](C)[C@@H](O)[C@@H](O)[C@@H]4O)[C@H](O[C@@H]4O[C@@H](C)[C@@H](O)[C@@H](O)[C@@H]4O)[C@H]3NC(C)=O)O[C@@H](O[C@H]3[C@H](O)[C@@H](O)C(O)O[C@@H]3CO)[C@@H]2O)O[C@H](CO)[C@@H](O[C@@H]2O[C@H](CO)[C@H](O)[C@H](O[C@]3(C(=O)O)C[C@H](OC(C)=O)[C@@H](NC(C)=O)[C@H]([C@H](O)[C@H](O)CO)O3)[C@H]2O)[C@@H]1O[C@@H]1O[C@@H](C)[C@@H](O)[C@@H](O)[C@@H]1O. The third-order valence-electron chi connectivity index (χ3n) is 23.2. The Morgan fingerprint density at radius 1 is 0.357 bits per heavy atom. The normalized spacial score (nSPS) is 49.0. The van der Waals surface area contributed by atoms with Crippen molar-refractivity contribution in [1.82, 2.24) is 16.0 Å². The van der Waals surface area contributed by atoms with E-state index in [4.69, 9.17) is 94.7 Å². The number of carbonyl (C=O) groups excluding carboxylic acids is 4. The van der Waals surface area contributed by atoms with Crippen LogP contribution in [-0.2, 0) is 119 Å². The molecule has 0 saturated carbocycles. The van der Waals surface area contributed by atoms with Crippen molar-refractivity contribution in [2.24, 2.45) is 0 Å². The molecule has 728 valence electrons. The molecule has 10 heterocycles. The van der Waals surface area contributed by atoms with Crippen molar-refractivity contribution in [2.45, 2.75) is 367 Å². The molecule has 10 fully saturated rings. The van der Waals surface area contributed by atoms with Crippen LogP contribution in [0.15, 0.2) is 0 Å². The molecular formula is C71H117N3O52. The lowest BCUT2D eigenvalue weighted by atomic mass is 9.87. The van der Waals surface area contributed by atoms with Gasteiger partial charge in [-0.1, -0.05) is 0 Å². The van der Waals surface area contributed by atoms with Gasteiger partial charge in [0, 0.05) is 27.7 Å². The van der Waals surface area contributed by atoms with E-state index in [0.717, 1.165) is 27.7 Å². The molecule has 1 unspecified atom stereocenters. The third kappa shape index (κ3) is 22.5. The highest BCUT2D eigenvalue weighted by molar-refractivity contribution is 5.77. The van der Waals surface area contributed by atoms with Crippen LogP contribution in [0.4, 0.5) is 0 Å². The summed E-state index contributed by atoms with van der Waals surface area (Å²) < 4.78 is 120. The minimum Gasteiger partial charge on any atom is -0.477 e. The average molecular weight is 1840 g/mol. The molecule has 10 aliphatic heterocycles. The molecule has 55 heteroatoms. The van der Waals surface area contributed by atoms with Crippen molar-refractivity contribution in [3.05, 3.63) is 0 Å². The van der Waals surface area contributed by atoms with Crippen molar-refractivity contribution in [1.29, 1.82) is 0 Å². The Morgan fingerprint density at radius 3 is 1.18 bits per heavy atom. The highest BCUT2D eigenvalue weighted by Gasteiger charge is 2.65. The van der Waals surface area contributed by atoms with Crippen LogP contribution in [0, 0.1) is 0 Å². The van der Waals surface area contributed by atoms with Crippen LogP contribution < -0.4 is 16.0 Å².